The summed E-state index contributed by atoms with van der Waals surface area (Å²) in [5.41, 5.74) is 0.835. The fraction of sp³-hybridized carbons (Fsp3) is 0.692. The number of hydrogen-bond acceptors (Lipinski definition) is 4. The number of rotatable bonds is 3. The molecule has 6 nitrogen and oxygen atoms in total. The first kappa shape index (κ1) is 14.8. The number of aryl methyl sites for hydroxylation is 1. The van der Waals surface area contributed by atoms with Gasteiger partial charge in [-0.15, -0.1) is 0 Å². The number of anilines is 1. The van der Waals surface area contributed by atoms with E-state index in [0.29, 0.717) is 11.9 Å². The molecule has 0 aromatic carbocycles. The minimum atomic E-state index is -3.72. The molecule has 2 heterocycles. The van der Waals surface area contributed by atoms with Gasteiger partial charge in [0.15, 0.2) is 0 Å². The van der Waals surface area contributed by atoms with Gasteiger partial charge in [0.2, 0.25) is 15.0 Å². The fourth-order valence-corrected chi connectivity index (χ4v) is 4.23. The van der Waals surface area contributed by atoms with Gasteiger partial charge in [0.25, 0.3) is 0 Å². The van der Waals surface area contributed by atoms with Gasteiger partial charge in [0, 0.05) is 29.7 Å². The second-order valence-electron chi connectivity index (χ2n) is 5.83. The highest BCUT2D eigenvalue weighted by molar-refractivity contribution is 8.14. The summed E-state index contributed by atoms with van der Waals surface area (Å²) in [5.74, 6) is 0.496. The second kappa shape index (κ2) is 5.28. The molecule has 1 saturated carbocycles. The van der Waals surface area contributed by atoms with E-state index in [1.54, 1.807) is 0 Å². The highest BCUT2D eigenvalue weighted by atomic mass is 35.7. The minimum absolute atomic E-state index is 0.0548. The number of hydrogen-bond donors (Lipinski definition) is 0. The van der Waals surface area contributed by atoms with E-state index in [0.717, 1.165) is 31.4 Å². The maximum Gasteiger partial charge on any atom is 0.237 e. The topological polar surface area (TPSA) is 72.3 Å². The molecule has 0 bridgehead atoms. The largest absolute Gasteiger partial charge is 0.296 e. The van der Waals surface area contributed by atoms with Crippen molar-refractivity contribution in [3.8, 4) is 0 Å². The average molecular weight is 332 g/mol. The Balaban J connectivity index is 1.92. The SMILES string of the molecule is Cc1cc(N2CC(S(=O)(=O)Cl)CC2=O)n(C2CCCC2)n1. The number of halogens is 1. The van der Waals surface area contributed by atoms with Crippen molar-refractivity contribution in [2.24, 2.45) is 0 Å². The molecule has 1 aliphatic heterocycles. The molecule has 0 N–H and O–H groups in total. The van der Waals surface area contributed by atoms with Crippen molar-refractivity contribution in [3.05, 3.63) is 11.8 Å². The molecule has 116 valence electrons. The Morgan fingerprint density at radius 2 is 2.00 bits per heavy atom. The number of aromatic nitrogens is 2. The number of amides is 1. The molecular formula is C13H18ClN3O3S. The Kier molecular flexibility index (Phi) is 3.73. The monoisotopic (exact) mass is 331 g/mol. The van der Waals surface area contributed by atoms with Crippen LogP contribution in [0.5, 0.6) is 0 Å². The van der Waals surface area contributed by atoms with E-state index in [9.17, 15) is 13.2 Å². The van der Waals surface area contributed by atoms with Crippen LogP contribution in [-0.2, 0) is 13.8 Å². The van der Waals surface area contributed by atoms with Gasteiger partial charge in [-0.25, -0.2) is 13.1 Å². The molecule has 21 heavy (non-hydrogen) atoms. The second-order valence-corrected chi connectivity index (χ2v) is 8.74. The van der Waals surface area contributed by atoms with Crippen LogP contribution in [0.15, 0.2) is 6.07 Å². The third kappa shape index (κ3) is 2.81. The van der Waals surface area contributed by atoms with Gasteiger partial charge in [-0.1, -0.05) is 12.8 Å². The van der Waals surface area contributed by atoms with Crippen LogP contribution in [0.4, 0.5) is 5.82 Å². The lowest BCUT2D eigenvalue weighted by Crippen LogP contribution is -2.29. The lowest BCUT2D eigenvalue weighted by molar-refractivity contribution is -0.117. The van der Waals surface area contributed by atoms with Crippen molar-refractivity contribution in [1.82, 2.24) is 9.78 Å². The lowest BCUT2D eigenvalue weighted by Gasteiger charge is -2.21. The first-order valence-electron chi connectivity index (χ1n) is 7.16. The Labute approximate surface area is 128 Å². The normalized spacial score (nSPS) is 24.2. The van der Waals surface area contributed by atoms with Gasteiger partial charge >= 0.3 is 0 Å². The van der Waals surface area contributed by atoms with E-state index < -0.39 is 14.3 Å². The smallest absolute Gasteiger partial charge is 0.237 e. The standard InChI is InChI=1S/C13H18ClN3O3S/c1-9-6-12(17(15-9)10-4-2-3-5-10)16-8-11(7-13(16)18)21(14,19)20/h6,10-11H,2-5,7-8H2,1H3. The van der Waals surface area contributed by atoms with Crippen LogP contribution < -0.4 is 4.90 Å². The summed E-state index contributed by atoms with van der Waals surface area (Å²) in [5, 5.41) is 3.66. The van der Waals surface area contributed by atoms with Crippen molar-refractivity contribution in [2.45, 2.75) is 50.3 Å². The molecule has 1 saturated heterocycles. The van der Waals surface area contributed by atoms with Gasteiger partial charge in [-0.2, -0.15) is 5.10 Å². The quantitative estimate of drug-likeness (QED) is 0.794. The summed E-state index contributed by atoms with van der Waals surface area (Å²) < 4.78 is 24.8. The molecule has 1 atom stereocenters. The summed E-state index contributed by atoms with van der Waals surface area (Å²) in [7, 11) is 1.68. The van der Waals surface area contributed by atoms with E-state index in [-0.39, 0.29) is 18.9 Å². The molecule has 1 unspecified atom stereocenters. The third-order valence-corrected chi connectivity index (χ3v) is 6.14. The van der Waals surface area contributed by atoms with E-state index in [2.05, 4.69) is 5.10 Å². The van der Waals surface area contributed by atoms with E-state index in [1.165, 1.54) is 4.90 Å². The zero-order valence-corrected chi connectivity index (χ0v) is 13.4. The summed E-state index contributed by atoms with van der Waals surface area (Å²) in [6, 6.07) is 2.15. The fourth-order valence-electron chi connectivity index (χ4n) is 3.21. The van der Waals surface area contributed by atoms with Crippen molar-refractivity contribution >= 4 is 31.5 Å². The third-order valence-electron chi connectivity index (χ3n) is 4.27. The lowest BCUT2D eigenvalue weighted by atomic mass is 10.2. The highest BCUT2D eigenvalue weighted by Crippen LogP contribution is 2.35. The molecular weight excluding hydrogens is 314 g/mol. The molecule has 3 rings (SSSR count). The van der Waals surface area contributed by atoms with Gasteiger partial charge in [0.1, 0.15) is 11.1 Å². The van der Waals surface area contributed by atoms with E-state index in [1.807, 2.05) is 17.7 Å². The first-order valence-corrected chi connectivity index (χ1v) is 9.53. The molecule has 0 radical (unpaired) electrons. The van der Waals surface area contributed by atoms with Crippen molar-refractivity contribution in [2.75, 3.05) is 11.4 Å². The van der Waals surface area contributed by atoms with Crippen LogP contribution in [0, 0.1) is 6.92 Å². The summed E-state index contributed by atoms with van der Waals surface area (Å²) >= 11 is 0. The Hall–Kier alpha value is -1.08. The van der Waals surface area contributed by atoms with Crippen LogP contribution in [0.3, 0.4) is 0 Å². The number of nitrogens with zero attached hydrogens (tertiary/aromatic N) is 3. The summed E-state index contributed by atoms with van der Waals surface area (Å²) in [6.45, 7) is 1.99. The van der Waals surface area contributed by atoms with Crippen molar-refractivity contribution in [3.63, 3.8) is 0 Å². The molecule has 1 aromatic heterocycles. The molecule has 1 aliphatic carbocycles. The predicted octanol–water partition coefficient (Wildman–Crippen LogP) is 1.98. The summed E-state index contributed by atoms with van der Waals surface area (Å²) in [4.78, 5) is 13.7. The van der Waals surface area contributed by atoms with Crippen LogP contribution in [-0.4, -0.2) is 35.9 Å². The molecule has 2 fully saturated rings. The molecule has 1 amide bonds. The number of carbonyl (C=O) groups excluding carboxylic acids is 1. The van der Waals surface area contributed by atoms with Crippen LogP contribution >= 0.6 is 10.7 Å². The maximum absolute atomic E-state index is 12.2. The predicted molar refractivity (Wildman–Crippen MR) is 80.0 cm³/mol. The summed E-state index contributed by atoms with van der Waals surface area (Å²) in [6.07, 6.45) is 4.37. The van der Waals surface area contributed by atoms with Crippen LogP contribution in [0.2, 0.25) is 0 Å². The average Bonchev–Trinajstić information content (AvgIpc) is 3.06. The Morgan fingerprint density at radius 3 is 2.57 bits per heavy atom. The minimum Gasteiger partial charge on any atom is -0.296 e. The highest BCUT2D eigenvalue weighted by Gasteiger charge is 2.40. The molecule has 0 spiro atoms. The maximum atomic E-state index is 12.2. The van der Waals surface area contributed by atoms with Gasteiger partial charge in [-0.3, -0.25) is 9.69 Å². The van der Waals surface area contributed by atoms with Crippen molar-refractivity contribution in [1.29, 1.82) is 0 Å². The van der Waals surface area contributed by atoms with Crippen LogP contribution in [0.1, 0.15) is 43.8 Å². The van der Waals surface area contributed by atoms with Crippen molar-refractivity contribution < 1.29 is 13.2 Å². The zero-order chi connectivity index (χ0) is 15.2. The van der Waals surface area contributed by atoms with Gasteiger partial charge in [-0.05, 0) is 19.8 Å². The molecule has 8 heteroatoms. The number of carbonyl (C=O) groups is 1. The van der Waals surface area contributed by atoms with E-state index in [4.69, 9.17) is 10.7 Å². The van der Waals surface area contributed by atoms with Gasteiger partial charge in [0.05, 0.1) is 11.7 Å². The zero-order valence-electron chi connectivity index (χ0n) is 11.8. The van der Waals surface area contributed by atoms with Crippen LogP contribution in [0.25, 0.3) is 0 Å². The molecule has 1 aromatic rings. The first-order chi connectivity index (χ1) is 9.86. The van der Waals surface area contributed by atoms with Gasteiger partial charge < -0.3 is 0 Å². The molecule has 2 aliphatic rings. The Morgan fingerprint density at radius 1 is 1.33 bits per heavy atom. The Bertz CT molecular complexity index is 664. The van der Waals surface area contributed by atoms with E-state index >= 15 is 0 Å².